The van der Waals surface area contributed by atoms with Crippen molar-refractivity contribution in [2.24, 2.45) is 17.6 Å². The number of benzene rings is 2. The summed E-state index contributed by atoms with van der Waals surface area (Å²) in [6, 6.07) is 20.8. The van der Waals surface area contributed by atoms with E-state index < -0.39 is 5.54 Å². The minimum absolute atomic E-state index is 0.00425. The second-order valence-corrected chi connectivity index (χ2v) is 12.4. The number of rotatable bonds is 9. The molecule has 2 aliphatic carbocycles. The molecule has 3 aromatic rings. The summed E-state index contributed by atoms with van der Waals surface area (Å²) in [6.07, 6.45) is 9.30. The molecule has 2 amide bonds. The highest BCUT2D eigenvalue weighted by Crippen LogP contribution is 2.36. The number of aromatic nitrogens is 1. The van der Waals surface area contributed by atoms with Crippen LogP contribution in [0.3, 0.4) is 0 Å². The van der Waals surface area contributed by atoms with Crippen LogP contribution in [0.15, 0.2) is 66.9 Å². The largest absolute Gasteiger partial charge is 0.343 e. The Balaban J connectivity index is 1.24. The molecule has 2 aromatic carbocycles. The molecular weight excluding hydrogens is 496 g/mol. The Labute approximate surface area is 238 Å². The Bertz CT molecular complexity index is 1320. The normalized spacial score (nSPS) is 19.2. The Morgan fingerprint density at radius 1 is 0.875 bits per heavy atom. The number of hydrogen-bond donors (Lipinski definition) is 2. The Kier molecular flexibility index (Phi) is 8.36. The number of pyridine rings is 1. The number of nitrogens with two attached hydrogens (primary N) is 1. The lowest BCUT2D eigenvalue weighted by Gasteiger charge is -2.34. The predicted octanol–water partition coefficient (Wildman–Crippen LogP) is 6.76. The first-order chi connectivity index (χ1) is 19.2. The highest BCUT2D eigenvalue weighted by molar-refractivity contribution is 5.92. The van der Waals surface area contributed by atoms with Crippen LogP contribution in [0, 0.1) is 11.8 Å². The van der Waals surface area contributed by atoms with Gasteiger partial charge in [-0.25, -0.2) is 4.98 Å². The van der Waals surface area contributed by atoms with E-state index in [1.807, 2.05) is 56.3 Å². The van der Waals surface area contributed by atoms with Crippen LogP contribution in [0.25, 0.3) is 22.3 Å². The van der Waals surface area contributed by atoms with Crippen LogP contribution < -0.4 is 11.1 Å². The summed E-state index contributed by atoms with van der Waals surface area (Å²) in [4.78, 5) is 32.1. The van der Waals surface area contributed by atoms with Gasteiger partial charge < -0.3 is 16.0 Å². The summed E-state index contributed by atoms with van der Waals surface area (Å²) in [5.74, 6) is 1.79. The van der Waals surface area contributed by atoms with Gasteiger partial charge in [-0.1, -0.05) is 54.6 Å². The van der Waals surface area contributed by atoms with Crippen LogP contribution >= 0.6 is 0 Å². The van der Waals surface area contributed by atoms with E-state index in [2.05, 4.69) is 46.7 Å². The van der Waals surface area contributed by atoms with E-state index in [0.29, 0.717) is 36.5 Å². The molecule has 6 heteroatoms. The molecule has 1 aromatic heterocycles. The fourth-order valence-electron chi connectivity index (χ4n) is 5.80. The number of carbonyl (C=O) groups excluding carboxylic acids is 2. The van der Waals surface area contributed by atoms with Gasteiger partial charge in [0.1, 0.15) is 5.82 Å². The summed E-state index contributed by atoms with van der Waals surface area (Å²) in [5.41, 5.74) is 11.1. The van der Waals surface area contributed by atoms with Crippen LogP contribution in [0.1, 0.15) is 70.8 Å². The lowest BCUT2D eigenvalue weighted by Crippen LogP contribution is -2.40. The summed E-state index contributed by atoms with van der Waals surface area (Å²) < 4.78 is 0. The van der Waals surface area contributed by atoms with E-state index in [0.717, 1.165) is 53.5 Å². The van der Waals surface area contributed by atoms with Crippen molar-refractivity contribution in [3.05, 3.63) is 72.4 Å². The molecule has 0 spiro atoms. The van der Waals surface area contributed by atoms with Gasteiger partial charge in [0, 0.05) is 43.2 Å². The van der Waals surface area contributed by atoms with Crippen molar-refractivity contribution >= 4 is 17.6 Å². The molecule has 1 heterocycles. The highest BCUT2D eigenvalue weighted by Gasteiger charge is 2.31. The van der Waals surface area contributed by atoms with Gasteiger partial charge in [-0.05, 0) is 92.5 Å². The third-order valence-electron chi connectivity index (χ3n) is 8.59. The Morgan fingerprint density at radius 2 is 1.48 bits per heavy atom. The van der Waals surface area contributed by atoms with Crippen molar-refractivity contribution < 1.29 is 9.59 Å². The molecule has 0 bridgehead atoms. The van der Waals surface area contributed by atoms with Crippen molar-refractivity contribution in [2.75, 3.05) is 12.4 Å². The fourth-order valence-corrected chi connectivity index (χ4v) is 5.80. The van der Waals surface area contributed by atoms with E-state index in [9.17, 15) is 9.59 Å². The zero-order valence-corrected chi connectivity index (χ0v) is 24.0. The molecule has 2 fully saturated rings. The molecule has 0 radical (unpaired) electrons. The van der Waals surface area contributed by atoms with Gasteiger partial charge in [-0.3, -0.25) is 9.59 Å². The average molecular weight is 539 g/mol. The maximum Gasteiger partial charge on any atom is 0.225 e. The van der Waals surface area contributed by atoms with Gasteiger partial charge in [-0.2, -0.15) is 0 Å². The number of carbonyl (C=O) groups is 2. The van der Waals surface area contributed by atoms with Crippen molar-refractivity contribution in [1.29, 1.82) is 0 Å². The molecule has 0 atom stereocenters. The van der Waals surface area contributed by atoms with E-state index in [-0.39, 0.29) is 11.8 Å². The summed E-state index contributed by atoms with van der Waals surface area (Å²) >= 11 is 0. The molecule has 40 heavy (non-hydrogen) atoms. The first-order valence-corrected chi connectivity index (χ1v) is 14.7. The summed E-state index contributed by atoms with van der Waals surface area (Å²) in [7, 11) is 1.95. The van der Waals surface area contributed by atoms with E-state index >= 15 is 0 Å². The van der Waals surface area contributed by atoms with Gasteiger partial charge in [0.25, 0.3) is 0 Å². The SMILES string of the molecule is CN(C(=O)CC1CC1)C1CCC(CC(=O)Nc2cc(-c3ccccc3)c(-c3ccc(C(C)(C)N)cc3)cn2)CC1. The van der Waals surface area contributed by atoms with Gasteiger partial charge in [-0.15, -0.1) is 0 Å². The summed E-state index contributed by atoms with van der Waals surface area (Å²) in [6.45, 7) is 4.00. The molecule has 3 N–H and O–H groups in total. The zero-order chi connectivity index (χ0) is 28.3. The number of amides is 2. The van der Waals surface area contributed by atoms with E-state index in [4.69, 9.17) is 5.73 Å². The lowest BCUT2D eigenvalue weighted by atomic mass is 9.83. The molecule has 0 unspecified atom stereocenters. The monoisotopic (exact) mass is 538 g/mol. The second-order valence-electron chi connectivity index (χ2n) is 12.4. The number of nitrogens with one attached hydrogen (secondary N) is 1. The first kappa shape index (κ1) is 28.0. The molecule has 5 rings (SSSR count). The van der Waals surface area contributed by atoms with Gasteiger partial charge in [0.15, 0.2) is 0 Å². The standard InChI is InChI=1S/C34H42N4O2/c1-34(2,35)27-15-13-26(14-16-27)30-22-36-31(21-29(30)25-7-5-4-6-8-25)37-32(39)19-23-11-17-28(18-12-23)38(3)33(40)20-24-9-10-24/h4-8,13-16,21-24,28H,9-12,17-20,35H2,1-3H3,(H,36,37,39). The molecule has 2 aliphatic rings. The molecule has 0 aliphatic heterocycles. The Morgan fingerprint density at radius 3 is 2.10 bits per heavy atom. The maximum atomic E-state index is 13.0. The lowest BCUT2D eigenvalue weighted by molar-refractivity contribution is -0.133. The highest BCUT2D eigenvalue weighted by atomic mass is 16.2. The van der Waals surface area contributed by atoms with Gasteiger partial charge in [0.2, 0.25) is 11.8 Å². The van der Waals surface area contributed by atoms with Crippen LogP contribution in [-0.2, 0) is 15.1 Å². The smallest absolute Gasteiger partial charge is 0.225 e. The van der Waals surface area contributed by atoms with E-state index in [1.54, 1.807) is 0 Å². The fraction of sp³-hybridized carbons (Fsp3) is 0.441. The van der Waals surface area contributed by atoms with Gasteiger partial charge >= 0.3 is 0 Å². The maximum absolute atomic E-state index is 13.0. The van der Waals surface area contributed by atoms with Crippen LogP contribution in [0.4, 0.5) is 5.82 Å². The van der Waals surface area contributed by atoms with Crippen LogP contribution in [0.5, 0.6) is 0 Å². The number of hydrogen-bond acceptors (Lipinski definition) is 4. The molecule has 210 valence electrons. The van der Waals surface area contributed by atoms with Crippen molar-refractivity contribution in [2.45, 2.75) is 76.8 Å². The number of anilines is 1. The molecular formula is C34H42N4O2. The third-order valence-corrected chi connectivity index (χ3v) is 8.59. The topological polar surface area (TPSA) is 88.3 Å². The zero-order valence-electron chi connectivity index (χ0n) is 24.0. The quantitative estimate of drug-likeness (QED) is 0.315. The minimum atomic E-state index is -0.407. The van der Waals surface area contributed by atoms with Crippen molar-refractivity contribution in [1.82, 2.24) is 9.88 Å². The molecule has 6 nitrogen and oxygen atoms in total. The summed E-state index contributed by atoms with van der Waals surface area (Å²) in [5, 5.41) is 3.06. The van der Waals surface area contributed by atoms with Crippen molar-refractivity contribution in [3.63, 3.8) is 0 Å². The molecule has 0 saturated heterocycles. The van der Waals surface area contributed by atoms with Gasteiger partial charge in [0.05, 0.1) is 0 Å². The van der Waals surface area contributed by atoms with Crippen molar-refractivity contribution in [3.8, 4) is 22.3 Å². The first-order valence-electron chi connectivity index (χ1n) is 14.7. The van der Waals surface area contributed by atoms with E-state index in [1.165, 1.54) is 12.8 Å². The second kappa shape index (κ2) is 11.9. The predicted molar refractivity (Wildman–Crippen MR) is 161 cm³/mol. The molecule has 2 saturated carbocycles. The third kappa shape index (κ3) is 6.97. The van der Waals surface area contributed by atoms with Crippen LogP contribution in [-0.4, -0.2) is 34.8 Å². The minimum Gasteiger partial charge on any atom is -0.343 e. The number of nitrogens with zero attached hydrogens (tertiary/aromatic N) is 2. The van der Waals surface area contributed by atoms with Crippen LogP contribution in [0.2, 0.25) is 0 Å². The average Bonchev–Trinajstić information content (AvgIpc) is 3.77. The Hall–Kier alpha value is -3.51.